The van der Waals surface area contributed by atoms with Crippen molar-refractivity contribution in [2.75, 3.05) is 26.2 Å². The number of hydrogen-bond acceptors (Lipinski definition) is 2. The molecule has 0 unspecified atom stereocenters. The molecule has 3 rings (SSSR count). The molecule has 0 atom stereocenters. The third kappa shape index (κ3) is 4.74. The van der Waals surface area contributed by atoms with E-state index in [4.69, 9.17) is 11.6 Å². The maximum absolute atomic E-state index is 12.9. The van der Waals surface area contributed by atoms with Crippen LogP contribution in [0.25, 0.3) is 0 Å². The van der Waals surface area contributed by atoms with Gasteiger partial charge in [0.15, 0.2) is 0 Å². The van der Waals surface area contributed by atoms with Crippen LogP contribution in [0.3, 0.4) is 0 Å². The van der Waals surface area contributed by atoms with Crippen molar-refractivity contribution in [2.45, 2.75) is 32.6 Å². The normalized spacial score (nSPS) is 15.3. The lowest BCUT2D eigenvalue weighted by Crippen LogP contribution is -2.37. The first-order chi connectivity index (χ1) is 13.3. The number of benzene rings is 2. The largest absolute Gasteiger partial charge is 0.337 e. The minimum Gasteiger partial charge on any atom is -0.337 e. The number of halogens is 1. The van der Waals surface area contributed by atoms with Crippen molar-refractivity contribution in [3.8, 4) is 0 Å². The predicted molar refractivity (Wildman–Crippen MR) is 113 cm³/mol. The van der Waals surface area contributed by atoms with E-state index in [0.29, 0.717) is 42.3 Å². The standard InChI is InChI=1S/C23H27ClN2O2/c1-23(2,3)19-9-5-17(6-10-19)21(27)25-13-4-14-26(16-15-25)22(28)18-7-11-20(24)12-8-18/h5-12H,4,13-16H2,1-3H3. The lowest BCUT2D eigenvalue weighted by Gasteiger charge is -2.23. The van der Waals surface area contributed by atoms with E-state index in [0.717, 1.165) is 6.42 Å². The highest BCUT2D eigenvalue weighted by molar-refractivity contribution is 6.30. The Morgan fingerprint density at radius 2 is 1.18 bits per heavy atom. The zero-order valence-corrected chi connectivity index (χ0v) is 17.5. The zero-order valence-electron chi connectivity index (χ0n) is 16.7. The van der Waals surface area contributed by atoms with E-state index in [1.807, 2.05) is 34.1 Å². The summed E-state index contributed by atoms with van der Waals surface area (Å²) in [5, 5.41) is 0.613. The van der Waals surface area contributed by atoms with Gasteiger partial charge < -0.3 is 9.80 Å². The predicted octanol–water partition coefficient (Wildman–Crippen LogP) is 4.63. The summed E-state index contributed by atoms with van der Waals surface area (Å²) in [6.45, 7) is 8.85. The first-order valence-electron chi connectivity index (χ1n) is 9.70. The van der Waals surface area contributed by atoms with Crippen LogP contribution in [0.2, 0.25) is 5.02 Å². The van der Waals surface area contributed by atoms with E-state index in [-0.39, 0.29) is 17.2 Å². The highest BCUT2D eigenvalue weighted by Crippen LogP contribution is 2.23. The maximum atomic E-state index is 12.9. The van der Waals surface area contributed by atoms with Crippen molar-refractivity contribution in [3.05, 3.63) is 70.2 Å². The Morgan fingerprint density at radius 3 is 1.61 bits per heavy atom. The summed E-state index contributed by atoms with van der Waals surface area (Å²) in [7, 11) is 0. The minimum atomic E-state index is -0.0134. The van der Waals surface area contributed by atoms with Gasteiger partial charge in [0.2, 0.25) is 0 Å². The quantitative estimate of drug-likeness (QED) is 0.740. The van der Waals surface area contributed by atoms with Crippen molar-refractivity contribution in [1.82, 2.24) is 9.80 Å². The van der Waals surface area contributed by atoms with Gasteiger partial charge in [-0.25, -0.2) is 0 Å². The molecule has 0 N–H and O–H groups in total. The molecule has 2 aromatic rings. The lowest BCUT2D eigenvalue weighted by molar-refractivity contribution is 0.0718. The first-order valence-corrected chi connectivity index (χ1v) is 10.1. The van der Waals surface area contributed by atoms with E-state index in [2.05, 4.69) is 20.8 Å². The Balaban J connectivity index is 1.65. The Morgan fingerprint density at radius 1 is 0.750 bits per heavy atom. The van der Waals surface area contributed by atoms with Crippen LogP contribution in [0.4, 0.5) is 0 Å². The maximum Gasteiger partial charge on any atom is 0.253 e. The van der Waals surface area contributed by atoms with Crippen LogP contribution in [0.1, 0.15) is 53.5 Å². The SMILES string of the molecule is CC(C)(C)c1ccc(C(=O)N2CCCN(C(=O)c3ccc(Cl)cc3)CC2)cc1. The monoisotopic (exact) mass is 398 g/mol. The number of carbonyl (C=O) groups excluding carboxylic acids is 2. The molecule has 28 heavy (non-hydrogen) atoms. The fourth-order valence-corrected chi connectivity index (χ4v) is 3.52. The third-order valence-corrected chi connectivity index (χ3v) is 5.41. The summed E-state index contributed by atoms with van der Waals surface area (Å²) in [6, 6.07) is 14.8. The highest BCUT2D eigenvalue weighted by Gasteiger charge is 2.24. The Labute approximate surface area is 172 Å². The fraction of sp³-hybridized carbons (Fsp3) is 0.391. The summed E-state index contributed by atoms with van der Waals surface area (Å²) < 4.78 is 0. The Bertz CT molecular complexity index is 838. The molecule has 1 saturated heterocycles. The molecule has 5 heteroatoms. The van der Waals surface area contributed by atoms with Crippen molar-refractivity contribution >= 4 is 23.4 Å². The van der Waals surface area contributed by atoms with Crippen LogP contribution in [0.15, 0.2) is 48.5 Å². The summed E-state index contributed by atoms with van der Waals surface area (Å²) in [5.74, 6) is 0.0155. The number of hydrogen-bond donors (Lipinski definition) is 0. The van der Waals surface area contributed by atoms with Crippen LogP contribution in [0.5, 0.6) is 0 Å². The van der Waals surface area contributed by atoms with Gasteiger partial charge >= 0.3 is 0 Å². The average Bonchev–Trinajstić information content (AvgIpc) is 2.93. The lowest BCUT2D eigenvalue weighted by atomic mass is 9.86. The topological polar surface area (TPSA) is 40.6 Å². The zero-order chi connectivity index (χ0) is 20.3. The van der Waals surface area contributed by atoms with E-state index in [9.17, 15) is 9.59 Å². The molecule has 1 aliphatic heterocycles. The van der Waals surface area contributed by atoms with Gasteiger partial charge in [0, 0.05) is 42.3 Å². The van der Waals surface area contributed by atoms with Gasteiger partial charge in [-0.2, -0.15) is 0 Å². The molecule has 2 aromatic carbocycles. The molecule has 148 valence electrons. The smallest absolute Gasteiger partial charge is 0.253 e. The summed E-state index contributed by atoms with van der Waals surface area (Å²) in [4.78, 5) is 29.3. The molecule has 0 saturated carbocycles. The third-order valence-electron chi connectivity index (χ3n) is 5.16. The molecule has 0 bridgehead atoms. The second-order valence-electron chi connectivity index (χ2n) is 8.27. The molecular weight excluding hydrogens is 372 g/mol. The molecule has 0 aromatic heterocycles. The van der Waals surface area contributed by atoms with Gasteiger partial charge in [-0.05, 0) is 53.8 Å². The van der Waals surface area contributed by atoms with Crippen molar-refractivity contribution in [2.24, 2.45) is 0 Å². The summed E-state index contributed by atoms with van der Waals surface area (Å²) >= 11 is 5.91. The van der Waals surface area contributed by atoms with Gasteiger partial charge in [-0.3, -0.25) is 9.59 Å². The van der Waals surface area contributed by atoms with Crippen LogP contribution < -0.4 is 0 Å². The summed E-state index contributed by atoms with van der Waals surface area (Å²) in [6.07, 6.45) is 0.769. The highest BCUT2D eigenvalue weighted by atomic mass is 35.5. The van der Waals surface area contributed by atoms with Gasteiger partial charge in [-0.1, -0.05) is 44.5 Å². The fourth-order valence-electron chi connectivity index (χ4n) is 3.39. The van der Waals surface area contributed by atoms with Crippen molar-refractivity contribution < 1.29 is 9.59 Å². The number of nitrogens with zero attached hydrogens (tertiary/aromatic N) is 2. The Hall–Kier alpha value is -2.33. The number of carbonyl (C=O) groups is 2. The molecule has 0 aliphatic carbocycles. The van der Waals surface area contributed by atoms with Crippen molar-refractivity contribution in [3.63, 3.8) is 0 Å². The van der Waals surface area contributed by atoms with E-state index >= 15 is 0 Å². The second-order valence-corrected chi connectivity index (χ2v) is 8.71. The molecule has 0 radical (unpaired) electrons. The van der Waals surface area contributed by atoms with Crippen LogP contribution >= 0.6 is 11.6 Å². The van der Waals surface area contributed by atoms with Crippen molar-refractivity contribution in [1.29, 1.82) is 0 Å². The summed E-state index contributed by atoms with van der Waals surface area (Å²) in [5.41, 5.74) is 2.60. The van der Waals surface area contributed by atoms with E-state index in [1.54, 1.807) is 24.3 Å². The molecule has 2 amide bonds. The number of rotatable bonds is 2. The molecule has 0 spiro atoms. The second kappa shape index (κ2) is 8.36. The molecular formula is C23H27ClN2O2. The van der Waals surface area contributed by atoms with Gasteiger partial charge in [0.05, 0.1) is 0 Å². The first kappa shape index (κ1) is 20.4. The minimum absolute atomic E-state index is 0.0134. The number of amides is 2. The van der Waals surface area contributed by atoms with Gasteiger partial charge in [-0.15, -0.1) is 0 Å². The van der Waals surface area contributed by atoms with E-state index < -0.39 is 0 Å². The van der Waals surface area contributed by atoms with Gasteiger partial charge in [0.1, 0.15) is 0 Å². The molecule has 1 fully saturated rings. The van der Waals surface area contributed by atoms with Gasteiger partial charge in [0.25, 0.3) is 11.8 Å². The molecule has 4 nitrogen and oxygen atoms in total. The average molecular weight is 399 g/mol. The van der Waals surface area contributed by atoms with Crippen LogP contribution in [0, 0.1) is 0 Å². The van der Waals surface area contributed by atoms with E-state index in [1.165, 1.54) is 5.56 Å². The Kier molecular flexibility index (Phi) is 6.09. The molecule has 1 heterocycles. The van der Waals surface area contributed by atoms with Crippen LogP contribution in [-0.2, 0) is 5.41 Å². The van der Waals surface area contributed by atoms with Crippen LogP contribution in [-0.4, -0.2) is 47.8 Å². The molecule has 1 aliphatic rings.